The Morgan fingerprint density at radius 1 is 0.979 bits per heavy atom. The Hall–Kier alpha value is -3.27. The van der Waals surface area contributed by atoms with Gasteiger partial charge >= 0.3 is 0 Å². The molecule has 1 aliphatic heterocycles. The lowest BCUT2D eigenvalue weighted by Gasteiger charge is -2.34. The first-order valence-corrected chi connectivity index (χ1v) is 18.3. The Morgan fingerprint density at radius 2 is 1.71 bits per heavy atom. The topological polar surface area (TPSA) is 33.3 Å². The highest BCUT2D eigenvalue weighted by Gasteiger charge is 2.32. The summed E-state index contributed by atoms with van der Waals surface area (Å²) < 4.78 is 21.6. The first kappa shape index (κ1) is 39.2. The predicted octanol–water partition coefficient (Wildman–Crippen LogP) is 11.0. The van der Waals surface area contributed by atoms with E-state index in [1.807, 2.05) is 12.1 Å². The number of nitrogens with one attached hydrogen (secondary N) is 2. The number of benzene rings is 1. The Bertz CT molecular complexity index is 1370. The van der Waals surface area contributed by atoms with Crippen LogP contribution in [0.2, 0.25) is 0 Å². The highest BCUT2D eigenvalue weighted by molar-refractivity contribution is 5.37. The van der Waals surface area contributed by atoms with Crippen LogP contribution in [0.25, 0.3) is 0 Å². The maximum absolute atomic E-state index is 16.1. The van der Waals surface area contributed by atoms with Gasteiger partial charge in [-0.2, -0.15) is 0 Å². The molecule has 0 radical (unpaired) electrons. The van der Waals surface area contributed by atoms with Crippen molar-refractivity contribution in [1.29, 1.82) is 0 Å². The second kappa shape index (κ2) is 18.5. The lowest BCUT2D eigenvalue weighted by molar-refractivity contribution is 0.168. The van der Waals surface area contributed by atoms with Gasteiger partial charge in [-0.05, 0) is 116 Å². The molecule has 0 spiro atoms. The molecule has 3 rings (SSSR count). The lowest BCUT2D eigenvalue weighted by atomic mass is 9.72. The van der Waals surface area contributed by atoms with Gasteiger partial charge in [0.25, 0.3) is 0 Å². The van der Waals surface area contributed by atoms with Gasteiger partial charge in [0.1, 0.15) is 11.9 Å². The third-order valence-electron chi connectivity index (χ3n) is 10.8. The lowest BCUT2D eigenvalue weighted by Crippen LogP contribution is -2.38. The molecule has 264 valence electrons. The highest BCUT2D eigenvalue weighted by atomic mass is 19.1. The van der Waals surface area contributed by atoms with Gasteiger partial charge in [0, 0.05) is 17.9 Å². The monoisotopic (exact) mass is 657 g/mol. The molecule has 48 heavy (non-hydrogen) atoms. The van der Waals surface area contributed by atoms with Crippen LogP contribution < -0.4 is 15.4 Å². The van der Waals surface area contributed by atoms with Crippen molar-refractivity contribution in [1.82, 2.24) is 10.6 Å². The van der Waals surface area contributed by atoms with Crippen LogP contribution in [-0.2, 0) is 6.42 Å². The van der Waals surface area contributed by atoms with Gasteiger partial charge in [0.15, 0.2) is 0 Å². The zero-order valence-corrected chi connectivity index (χ0v) is 31.4. The van der Waals surface area contributed by atoms with Gasteiger partial charge in [-0.1, -0.05) is 115 Å². The molecule has 1 aromatic carbocycles. The predicted molar refractivity (Wildman–Crippen MR) is 206 cm³/mol. The van der Waals surface area contributed by atoms with Crippen molar-refractivity contribution < 1.29 is 9.13 Å². The molecule has 0 amide bonds. The molecule has 1 aromatic rings. The fraction of sp³-hybridized carbons (Fsp3) is 0.545. The van der Waals surface area contributed by atoms with Crippen molar-refractivity contribution in [2.75, 3.05) is 13.7 Å². The van der Waals surface area contributed by atoms with E-state index in [0.29, 0.717) is 17.8 Å². The van der Waals surface area contributed by atoms with Crippen LogP contribution in [0.1, 0.15) is 84.8 Å². The van der Waals surface area contributed by atoms with Gasteiger partial charge in [0.05, 0.1) is 13.2 Å². The second-order valence-electron chi connectivity index (χ2n) is 15.4. The van der Waals surface area contributed by atoms with Crippen LogP contribution in [0.3, 0.4) is 0 Å². The zero-order valence-electron chi connectivity index (χ0n) is 31.4. The zero-order chi connectivity index (χ0) is 35.5. The molecule has 0 bridgehead atoms. The van der Waals surface area contributed by atoms with Crippen LogP contribution in [0.4, 0.5) is 4.39 Å². The molecule has 3 nitrogen and oxygen atoms in total. The fourth-order valence-corrected chi connectivity index (χ4v) is 7.19. The summed E-state index contributed by atoms with van der Waals surface area (Å²) in [5.41, 5.74) is 7.42. The molecular weight excluding hydrogens is 591 g/mol. The van der Waals surface area contributed by atoms with Crippen LogP contribution in [-0.4, -0.2) is 25.9 Å². The minimum absolute atomic E-state index is 0.0571. The van der Waals surface area contributed by atoms with Gasteiger partial charge in [-0.15, -0.1) is 0 Å². The summed E-state index contributed by atoms with van der Waals surface area (Å²) in [5.74, 6) is 2.82. The van der Waals surface area contributed by atoms with Crippen molar-refractivity contribution in [2.24, 2.45) is 41.4 Å². The van der Waals surface area contributed by atoms with Crippen LogP contribution in [0, 0.1) is 48.3 Å². The summed E-state index contributed by atoms with van der Waals surface area (Å²) >= 11 is 0. The van der Waals surface area contributed by atoms with Gasteiger partial charge in [-0.25, -0.2) is 4.39 Å². The minimum atomic E-state index is -0.981. The van der Waals surface area contributed by atoms with E-state index in [2.05, 4.69) is 115 Å². The minimum Gasteiger partial charge on any atom is -0.496 e. The first-order valence-electron chi connectivity index (χ1n) is 18.3. The molecule has 1 heterocycles. The number of hydrogen-bond donors (Lipinski definition) is 2. The van der Waals surface area contributed by atoms with E-state index in [4.69, 9.17) is 11.3 Å². The Kier molecular flexibility index (Phi) is 15.1. The van der Waals surface area contributed by atoms with Crippen molar-refractivity contribution in [2.45, 2.75) is 99.2 Å². The van der Waals surface area contributed by atoms with Crippen LogP contribution >= 0.6 is 0 Å². The number of methoxy groups -OCH3 is 1. The molecule has 0 saturated carbocycles. The summed E-state index contributed by atoms with van der Waals surface area (Å²) in [7, 11) is 1.71. The van der Waals surface area contributed by atoms with E-state index in [-0.39, 0.29) is 29.7 Å². The maximum Gasteiger partial charge on any atom is 0.128 e. The van der Waals surface area contributed by atoms with Crippen molar-refractivity contribution >= 4 is 0 Å². The normalized spacial score (nSPS) is 27.5. The summed E-state index contributed by atoms with van der Waals surface area (Å²) in [6.07, 6.45) is 15.0. The second-order valence-corrected chi connectivity index (χ2v) is 15.4. The molecule has 1 aliphatic carbocycles. The number of ether oxygens (including phenoxy) is 1. The fourth-order valence-electron chi connectivity index (χ4n) is 7.19. The smallest absolute Gasteiger partial charge is 0.128 e. The Morgan fingerprint density at radius 3 is 2.33 bits per heavy atom. The van der Waals surface area contributed by atoms with Gasteiger partial charge < -0.3 is 15.4 Å². The summed E-state index contributed by atoms with van der Waals surface area (Å²) in [5, 5.41) is 7.29. The summed E-state index contributed by atoms with van der Waals surface area (Å²) in [4.78, 5) is 0. The molecule has 4 heteroatoms. The van der Waals surface area contributed by atoms with Gasteiger partial charge in [-0.3, -0.25) is 0 Å². The largest absolute Gasteiger partial charge is 0.496 e. The molecule has 8 atom stereocenters. The number of aryl methyl sites for hydroxylation is 1. The summed E-state index contributed by atoms with van der Waals surface area (Å²) in [6.45, 7) is 34.3. The van der Waals surface area contributed by atoms with Crippen molar-refractivity contribution in [3.63, 3.8) is 0 Å². The van der Waals surface area contributed by atoms with E-state index >= 15 is 4.39 Å². The average molecular weight is 657 g/mol. The number of alkyl halides is 1. The van der Waals surface area contributed by atoms with Crippen molar-refractivity contribution in [3.05, 3.63) is 114 Å². The number of rotatable bonds is 9. The van der Waals surface area contributed by atoms with Crippen molar-refractivity contribution in [3.8, 4) is 5.75 Å². The maximum atomic E-state index is 16.1. The third-order valence-corrected chi connectivity index (χ3v) is 10.8. The Labute approximate surface area is 293 Å². The standard InChI is InChI=1S/C44H65FN2O/c1-28(2)22-41-24-30(4)33(7)27-46-37(11)42(26-38-18-21-43(48-12)32(6)23-38)47-34(8)14-13-15-40(25-31(41)5)35(9)36(10)44(45)39-19-16-29(3)17-20-39/h13-14,16,18-21,23,28-29,33,35-36,40-42,44,46-47H,4-5,8,11,15,17,22,24-27H2,1-3,6-7,9-10,12H3/b14-13+/t29?,33?,35?,36?,40-,41?,42-,44?/m1/s1. The van der Waals surface area contributed by atoms with E-state index in [0.717, 1.165) is 73.3 Å². The van der Waals surface area contributed by atoms with Crippen LogP contribution in [0.5, 0.6) is 5.75 Å². The Balaban J connectivity index is 1.91. The van der Waals surface area contributed by atoms with E-state index < -0.39 is 6.17 Å². The molecule has 2 aliphatic rings. The quantitative estimate of drug-likeness (QED) is 0.260. The van der Waals surface area contributed by atoms with Gasteiger partial charge in [0.2, 0.25) is 0 Å². The highest BCUT2D eigenvalue weighted by Crippen LogP contribution is 2.39. The molecule has 0 aromatic heterocycles. The van der Waals surface area contributed by atoms with E-state index in [1.54, 1.807) is 7.11 Å². The molecule has 0 saturated heterocycles. The first-order chi connectivity index (χ1) is 22.7. The molecule has 6 unspecified atom stereocenters. The number of hydrogen-bond acceptors (Lipinski definition) is 3. The average Bonchev–Trinajstić information content (AvgIpc) is 3.04. The number of halogens is 1. The SMILES string of the molecule is C=C1/C=C/C[C@@H](C(C)C(C)C(F)C2=CCC(C)C=C2)CC(=C)C(CC(C)C)CC(=C)C(C)CNC(=C)[C@@H](Cc2ccc(OC)c(C)c2)N1. The van der Waals surface area contributed by atoms with E-state index in [1.165, 1.54) is 16.7 Å². The third kappa shape index (κ3) is 11.4. The summed E-state index contributed by atoms with van der Waals surface area (Å²) in [6, 6.07) is 6.28. The molecular formula is C44H65FN2O. The molecule has 0 fully saturated rings. The van der Waals surface area contributed by atoms with Crippen LogP contribution in [0.15, 0.2) is 103 Å². The van der Waals surface area contributed by atoms with E-state index in [9.17, 15) is 0 Å². The molecule has 2 N–H and O–H groups in total. The number of allylic oxidation sites excluding steroid dienone is 7.